The summed E-state index contributed by atoms with van der Waals surface area (Å²) in [6.45, 7) is 8.38. The van der Waals surface area contributed by atoms with E-state index in [1.165, 1.54) is 11.3 Å². The summed E-state index contributed by atoms with van der Waals surface area (Å²) in [6, 6.07) is 10.6. The summed E-state index contributed by atoms with van der Waals surface area (Å²) >= 11 is 3.48. The van der Waals surface area contributed by atoms with E-state index in [1.807, 2.05) is 6.20 Å². The summed E-state index contributed by atoms with van der Waals surface area (Å²) in [5, 5.41) is 7.98. The highest BCUT2D eigenvalue weighted by molar-refractivity contribution is 9.10. The van der Waals surface area contributed by atoms with Gasteiger partial charge in [-0.1, -0.05) is 35.0 Å². The predicted octanol–water partition coefficient (Wildman–Crippen LogP) is 4.08. The first-order valence-corrected chi connectivity index (χ1v) is 7.84. The number of rotatable bonds is 6. The zero-order chi connectivity index (χ0) is 14.6. The first kappa shape index (κ1) is 15.3. The molecule has 0 radical (unpaired) electrons. The lowest BCUT2D eigenvalue weighted by atomic mass is 9.94. The maximum Gasteiger partial charge on any atom is 0.0522 e. The van der Waals surface area contributed by atoms with Crippen LogP contribution in [-0.4, -0.2) is 9.78 Å². The van der Waals surface area contributed by atoms with Crippen molar-refractivity contribution in [3.63, 3.8) is 0 Å². The average Bonchev–Trinajstić information content (AvgIpc) is 2.85. The molecule has 0 aliphatic heterocycles. The number of benzene rings is 1. The molecule has 3 nitrogen and oxygen atoms in total. The third-order valence-electron chi connectivity index (χ3n) is 3.52. The summed E-state index contributed by atoms with van der Waals surface area (Å²) in [4.78, 5) is 0. The summed E-state index contributed by atoms with van der Waals surface area (Å²) in [5.74, 6) is 0. The van der Waals surface area contributed by atoms with Gasteiger partial charge in [-0.15, -0.1) is 0 Å². The zero-order valence-corrected chi connectivity index (χ0v) is 13.9. The normalized spacial score (nSPS) is 11.8. The number of halogens is 1. The van der Waals surface area contributed by atoms with E-state index in [2.05, 4.69) is 82.1 Å². The van der Waals surface area contributed by atoms with Gasteiger partial charge in [-0.2, -0.15) is 5.10 Å². The molecule has 0 unspecified atom stereocenters. The van der Waals surface area contributed by atoms with E-state index in [0.717, 1.165) is 24.0 Å². The highest BCUT2D eigenvalue weighted by Crippen LogP contribution is 2.22. The molecule has 20 heavy (non-hydrogen) atoms. The molecule has 0 amide bonds. The van der Waals surface area contributed by atoms with Crippen LogP contribution in [0.5, 0.6) is 0 Å². The summed E-state index contributed by atoms with van der Waals surface area (Å²) in [6.07, 6.45) is 2.98. The molecule has 2 aromatic rings. The van der Waals surface area contributed by atoms with E-state index in [0.29, 0.717) is 0 Å². The molecule has 0 aliphatic carbocycles. The van der Waals surface area contributed by atoms with Crippen molar-refractivity contribution in [1.29, 1.82) is 0 Å². The largest absolute Gasteiger partial charge is 0.302 e. The smallest absolute Gasteiger partial charge is 0.0522 e. The van der Waals surface area contributed by atoms with Crippen molar-refractivity contribution in [3.05, 3.63) is 52.3 Å². The van der Waals surface area contributed by atoms with Gasteiger partial charge in [-0.25, -0.2) is 0 Å². The topological polar surface area (TPSA) is 29.9 Å². The van der Waals surface area contributed by atoms with Crippen LogP contribution in [0.4, 0.5) is 0 Å². The molecule has 0 saturated carbocycles. The molecule has 0 spiro atoms. The van der Waals surface area contributed by atoms with Crippen LogP contribution in [0.1, 0.15) is 38.4 Å². The molecular weight excluding hydrogens is 314 g/mol. The zero-order valence-electron chi connectivity index (χ0n) is 12.4. The Bertz CT molecular complexity index is 543. The second kappa shape index (κ2) is 6.55. The second-order valence-corrected chi connectivity index (χ2v) is 6.45. The number of hydrogen-bond donors (Lipinski definition) is 1. The maximum atomic E-state index is 4.36. The van der Waals surface area contributed by atoms with Crippen molar-refractivity contribution in [2.75, 3.05) is 0 Å². The van der Waals surface area contributed by atoms with Gasteiger partial charge < -0.3 is 5.32 Å². The first-order valence-electron chi connectivity index (χ1n) is 7.04. The molecule has 0 atom stereocenters. The highest BCUT2D eigenvalue weighted by atomic mass is 79.9. The maximum absolute atomic E-state index is 4.36. The molecular formula is C16H22BrN3. The van der Waals surface area contributed by atoms with Gasteiger partial charge in [0.2, 0.25) is 0 Å². The molecule has 1 aromatic carbocycles. The molecule has 1 N–H and O–H groups in total. The Morgan fingerprint density at radius 1 is 1.20 bits per heavy atom. The minimum Gasteiger partial charge on any atom is -0.302 e. The minimum atomic E-state index is -0.0674. The van der Waals surface area contributed by atoms with Crippen molar-refractivity contribution in [2.24, 2.45) is 0 Å². The van der Waals surface area contributed by atoms with Crippen LogP contribution in [0.25, 0.3) is 0 Å². The van der Waals surface area contributed by atoms with Crippen LogP contribution in [-0.2, 0) is 18.6 Å². The number of nitrogens with one attached hydrogen (secondary N) is 1. The van der Waals surface area contributed by atoms with Crippen LogP contribution in [0.15, 0.2) is 41.0 Å². The SMILES string of the molecule is CCCn1nccc1CNC(C)(C)c1ccc(Br)cc1. The van der Waals surface area contributed by atoms with Gasteiger partial charge in [0.05, 0.1) is 5.69 Å². The summed E-state index contributed by atoms with van der Waals surface area (Å²) in [7, 11) is 0. The van der Waals surface area contributed by atoms with Crippen molar-refractivity contribution in [3.8, 4) is 0 Å². The van der Waals surface area contributed by atoms with Crippen molar-refractivity contribution >= 4 is 15.9 Å². The predicted molar refractivity (Wildman–Crippen MR) is 86.5 cm³/mol. The van der Waals surface area contributed by atoms with Gasteiger partial charge in [-0.3, -0.25) is 4.68 Å². The van der Waals surface area contributed by atoms with Crippen LogP contribution in [0.3, 0.4) is 0 Å². The lowest BCUT2D eigenvalue weighted by Gasteiger charge is -2.27. The second-order valence-electron chi connectivity index (χ2n) is 5.53. The van der Waals surface area contributed by atoms with Crippen molar-refractivity contribution in [2.45, 2.75) is 45.8 Å². The Labute approximate surface area is 129 Å². The highest BCUT2D eigenvalue weighted by Gasteiger charge is 2.20. The molecule has 0 saturated heterocycles. The molecule has 108 valence electrons. The summed E-state index contributed by atoms with van der Waals surface area (Å²) in [5.41, 5.74) is 2.45. The molecule has 2 rings (SSSR count). The van der Waals surface area contributed by atoms with Gasteiger partial charge in [0.15, 0.2) is 0 Å². The lowest BCUT2D eigenvalue weighted by molar-refractivity contribution is 0.390. The van der Waals surface area contributed by atoms with Crippen molar-refractivity contribution in [1.82, 2.24) is 15.1 Å². The third kappa shape index (κ3) is 3.70. The molecule has 1 heterocycles. The molecule has 4 heteroatoms. The molecule has 0 aliphatic rings. The van der Waals surface area contributed by atoms with Crippen LogP contribution in [0, 0.1) is 0 Å². The molecule has 0 bridgehead atoms. The van der Waals surface area contributed by atoms with Gasteiger partial charge >= 0.3 is 0 Å². The van der Waals surface area contributed by atoms with Crippen LogP contribution < -0.4 is 5.32 Å². The van der Waals surface area contributed by atoms with E-state index in [9.17, 15) is 0 Å². The van der Waals surface area contributed by atoms with Crippen LogP contribution >= 0.6 is 15.9 Å². The molecule has 1 aromatic heterocycles. The van der Waals surface area contributed by atoms with Gasteiger partial charge in [0.25, 0.3) is 0 Å². The Hall–Kier alpha value is -1.13. The Kier molecular flexibility index (Phi) is 5.00. The fourth-order valence-electron chi connectivity index (χ4n) is 2.20. The lowest BCUT2D eigenvalue weighted by Crippen LogP contribution is -2.36. The van der Waals surface area contributed by atoms with E-state index in [1.54, 1.807) is 0 Å². The number of hydrogen-bond acceptors (Lipinski definition) is 2. The van der Waals surface area contributed by atoms with Gasteiger partial charge in [0.1, 0.15) is 0 Å². The molecule has 0 fully saturated rings. The van der Waals surface area contributed by atoms with E-state index in [-0.39, 0.29) is 5.54 Å². The Balaban J connectivity index is 2.05. The first-order chi connectivity index (χ1) is 9.53. The van der Waals surface area contributed by atoms with Crippen molar-refractivity contribution < 1.29 is 0 Å². The van der Waals surface area contributed by atoms with Gasteiger partial charge in [-0.05, 0) is 44.0 Å². The van der Waals surface area contributed by atoms with E-state index in [4.69, 9.17) is 0 Å². The Morgan fingerprint density at radius 3 is 2.55 bits per heavy atom. The number of nitrogens with zero attached hydrogens (tertiary/aromatic N) is 2. The monoisotopic (exact) mass is 335 g/mol. The van der Waals surface area contributed by atoms with Crippen LogP contribution in [0.2, 0.25) is 0 Å². The minimum absolute atomic E-state index is 0.0674. The third-order valence-corrected chi connectivity index (χ3v) is 4.05. The van der Waals surface area contributed by atoms with E-state index >= 15 is 0 Å². The quantitative estimate of drug-likeness (QED) is 0.861. The summed E-state index contributed by atoms with van der Waals surface area (Å²) < 4.78 is 3.18. The van der Waals surface area contributed by atoms with Gasteiger partial charge in [0, 0.05) is 29.3 Å². The average molecular weight is 336 g/mol. The fraction of sp³-hybridized carbons (Fsp3) is 0.438. The fourth-order valence-corrected chi connectivity index (χ4v) is 2.47. The number of aryl methyl sites for hydroxylation is 1. The number of aromatic nitrogens is 2. The van der Waals surface area contributed by atoms with E-state index < -0.39 is 0 Å². The Morgan fingerprint density at radius 2 is 1.90 bits per heavy atom. The standard InChI is InChI=1S/C16H22BrN3/c1-4-11-20-15(9-10-19-20)12-18-16(2,3)13-5-7-14(17)8-6-13/h5-10,18H,4,11-12H2,1-3H3.